The fraction of sp³-hybridized carbons (Fsp3) is 0.300. The van der Waals surface area contributed by atoms with Gasteiger partial charge in [-0.25, -0.2) is 4.39 Å². The van der Waals surface area contributed by atoms with Crippen LogP contribution in [0.2, 0.25) is 0 Å². The largest absolute Gasteiger partial charge is 0.390 e. The van der Waals surface area contributed by atoms with Crippen molar-refractivity contribution in [2.45, 2.75) is 18.6 Å². The number of aromatic nitrogens is 1. The molecule has 2 N–H and O–H groups in total. The zero-order chi connectivity index (χ0) is 18.4. The average molecular weight is 355 g/mol. The molecule has 6 heteroatoms. The summed E-state index contributed by atoms with van der Waals surface area (Å²) in [5.74, 6) is -0.465. The van der Waals surface area contributed by atoms with Gasteiger partial charge in [0.2, 0.25) is 0 Å². The number of rotatable bonds is 5. The number of pyridine rings is 1. The summed E-state index contributed by atoms with van der Waals surface area (Å²) >= 11 is 0. The van der Waals surface area contributed by atoms with Crippen molar-refractivity contribution in [3.63, 3.8) is 0 Å². The lowest BCUT2D eigenvalue weighted by molar-refractivity contribution is 0.0422. The third-order valence-corrected chi connectivity index (χ3v) is 4.45. The molecule has 5 nitrogen and oxygen atoms in total. The summed E-state index contributed by atoms with van der Waals surface area (Å²) < 4.78 is 12.9. The second-order valence-electron chi connectivity index (χ2n) is 6.39. The molecule has 2 aromatic rings. The number of hydrogen-bond donors (Lipinski definition) is 2. The van der Waals surface area contributed by atoms with Gasteiger partial charge in [0.05, 0.1) is 17.7 Å². The lowest BCUT2D eigenvalue weighted by Gasteiger charge is -2.35. The molecule has 2 heterocycles. The molecule has 1 aliphatic heterocycles. The Hall–Kier alpha value is -2.57. The van der Waals surface area contributed by atoms with E-state index in [-0.39, 0.29) is 17.8 Å². The van der Waals surface area contributed by atoms with Gasteiger partial charge in [0.1, 0.15) is 5.82 Å². The molecule has 1 saturated heterocycles. The Morgan fingerprint density at radius 2 is 2.15 bits per heavy atom. The Morgan fingerprint density at radius 3 is 2.85 bits per heavy atom. The SMILES string of the molecule is O=C(N[C@@H]1CCN(CC=Cc2ccc(F)cc2)C[C@H]1O)c1cccnc1. The zero-order valence-corrected chi connectivity index (χ0v) is 14.4. The lowest BCUT2D eigenvalue weighted by atomic mass is 10.0. The topological polar surface area (TPSA) is 65.5 Å². The average Bonchev–Trinajstić information content (AvgIpc) is 2.66. The van der Waals surface area contributed by atoms with Crippen molar-refractivity contribution in [1.82, 2.24) is 15.2 Å². The van der Waals surface area contributed by atoms with Crippen LogP contribution in [0.25, 0.3) is 6.08 Å². The van der Waals surface area contributed by atoms with Crippen LogP contribution in [0.3, 0.4) is 0 Å². The standard InChI is InChI=1S/C20H22FN3O2/c21-17-7-5-15(6-8-17)3-2-11-24-12-9-18(19(25)14-24)23-20(26)16-4-1-10-22-13-16/h1-8,10,13,18-19,25H,9,11-12,14H2,(H,23,26)/t18-,19-/m1/s1. The highest BCUT2D eigenvalue weighted by molar-refractivity contribution is 5.94. The van der Waals surface area contributed by atoms with Gasteiger partial charge < -0.3 is 10.4 Å². The highest BCUT2D eigenvalue weighted by Gasteiger charge is 2.28. The molecule has 1 fully saturated rings. The van der Waals surface area contributed by atoms with E-state index in [1.54, 1.807) is 30.5 Å². The van der Waals surface area contributed by atoms with E-state index in [2.05, 4.69) is 15.2 Å². The van der Waals surface area contributed by atoms with Gasteiger partial charge in [0, 0.05) is 32.0 Å². The van der Waals surface area contributed by atoms with E-state index in [9.17, 15) is 14.3 Å². The molecule has 2 atom stereocenters. The summed E-state index contributed by atoms with van der Waals surface area (Å²) in [6, 6.07) is 9.45. The maximum absolute atomic E-state index is 12.9. The first-order valence-electron chi connectivity index (χ1n) is 8.65. The molecule has 3 rings (SSSR count). The highest BCUT2D eigenvalue weighted by atomic mass is 19.1. The molecule has 0 spiro atoms. The minimum absolute atomic E-state index is 0.216. The second-order valence-corrected chi connectivity index (χ2v) is 6.39. The molecule has 0 bridgehead atoms. The fourth-order valence-electron chi connectivity index (χ4n) is 2.99. The van der Waals surface area contributed by atoms with Crippen LogP contribution >= 0.6 is 0 Å². The number of likely N-dealkylation sites (tertiary alicyclic amines) is 1. The number of carbonyl (C=O) groups excluding carboxylic acids is 1. The van der Waals surface area contributed by atoms with Gasteiger partial charge in [-0.15, -0.1) is 0 Å². The first-order chi connectivity index (χ1) is 12.6. The number of nitrogens with one attached hydrogen (secondary N) is 1. The number of aliphatic hydroxyl groups excluding tert-OH is 1. The first-order valence-corrected chi connectivity index (χ1v) is 8.65. The van der Waals surface area contributed by atoms with Gasteiger partial charge in [-0.05, 0) is 36.2 Å². The number of nitrogens with zero attached hydrogens (tertiary/aromatic N) is 2. The minimum Gasteiger partial charge on any atom is -0.390 e. The van der Waals surface area contributed by atoms with Crippen molar-refractivity contribution in [1.29, 1.82) is 0 Å². The van der Waals surface area contributed by atoms with Crippen LogP contribution in [-0.2, 0) is 0 Å². The van der Waals surface area contributed by atoms with E-state index in [1.807, 2.05) is 12.2 Å². The van der Waals surface area contributed by atoms with E-state index >= 15 is 0 Å². The van der Waals surface area contributed by atoms with E-state index in [1.165, 1.54) is 18.3 Å². The maximum Gasteiger partial charge on any atom is 0.253 e. The predicted molar refractivity (Wildman–Crippen MR) is 98.0 cm³/mol. The zero-order valence-electron chi connectivity index (χ0n) is 14.4. The van der Waals surface area contributed by atoms with Crippen molar-refractivity contribution < 1.29 is 14.3 Å². The number of aliphatic hydroxyl groups is 1. The van der Waals surface area contributed by atoms with Gasteiger partial charge in [0.25, 0.3) is 5.91 Å². The summed E-state index contributed by atoms with van der Waals surface area (Å²) in [6.45, 7) is 1.96. The molecule has 1 aromatic heterocycles. The lowest BCUT2D eigenvalue weighted by Crippen LogP contribution is -2.54. The Labute approximate surface area is 152 Å². The Bertz CT molecular complexity index is 749. The van der Waals surface area contributed by atoms with Gasteiger partial charge >= 0.3 is 0 Å². The summed E-state index contributed by atoms with van der Waals surface area (Å²) in [4.78, 5) is 18.2. The molecule has 26 heavy (non-hydrogen) atoms. The molecule has 1 aliphatic rings. The quantitative estimate of drug-likeness (QED) is 0.862. The number of carbonyl (C=O) groups is 1. The van der Waals surface area contributed by atoms with Crippen molar-refractivity contribution in [2.24, 2.45) is 0 Å². The number of halogens is 1. The second kappa shape index (κ2) is 8.69. The van der Waals surface area contributed by atoms with E-state index in [4.69, 9.17) is 0 Å². The molecule has 1 amide bonds. The van der Waals surface area contributed by atoms with Crippen LogP contribution in [-0.4, -0.2) is 52.7 Å². The number of benzene rings is 1. The van der Waals surface area contributed by atoms with E-state index in [0.717, 1.165) is 12.1 Å². The monoisotopic (exact) mass is 355 g/mol. The molecule has 0 unspecified atom stereocenters. The molecular weight excluding hydrogens is 333 g/mol. The van der Waals surface area contributed by atoms with Crippen molar-refractivity contribution in [3.05, 3.63) is 71.8 Å². The molecule has 136 valence electrons. The van der Waals surface area contributed by atoms with Crippen LogP contribution < -0.4 is 5.32 Å². The van der Waals surface area contributed by atoms with Gasteiger partial charge in [-0.3, -0.25) is 14.7 Å². The van der Waals surface area contributed by atoms with E-state index < -0.39 is 6.10 Å². The third-order valence-electron chi connectivity index (χ3n) is 4.45. The van der Waals surface area contributed by atoms with Crippen LogP contribution in [0.4, 0.5) is 4.39 Å². The van der Waals surface area contributed by atoms with Crippen LogP contribution in [0, 0.1) is 5.82 Å². The van der Waals surface area contributed by atoms with Crippen molar-refractivity contribution >= 4 is 12.0 Å². The molecule has 1 aromatic carbocycles. The smallest absolute Gasteiger partial charge is 0.253 e. The van der Waals surface area contributed by atoms with Gasteiger partial charge in [-0.1, -0.05) is 24.3 Å². The highest BCUT2D eigenvalue weighted by Crippen LogP contribution is 2.13. The number of β-amino-alcohol motifs (C(OH)–C–C–N with tert-alkyl or cyclic N) is 1. The minimum atomic E-state index is -0.622. The number of amides is 1. The molecule has 0 aliphatic carbocycles. The Balaban J connectivity index is 1.47. The van der Waals surface area contributed by atoms with Crippen molar-refractivity contribution in [3.8, 4) is 0 Å². The summed E-state index contributed by atoms with van der Waals surface area (Å²) in [6.07, 6.45) is 7.11. The number of hydrogen-bond acceptors (Lipinski definition) is 4. The van der Waals surface area contributed by atoms with Crippen LogP contribution in [0.5, 0.6) is 0 Å². The Morgan fingerprint density at radius 1 is 1.35 bits per heavy atom. The molecule has 0 radical (unpaired) electrons. The molecular formula is C20H22FN3O2. The van der Waals surface area contributed by atoms with Crippen LogP contribution in [0.15, 0.2) is 54.9 Å². The predicted octanol–water partition coefficient (Wildman–Crippen LogP) is 2.10. The van der Waals surface area contributed by atoms with Crippen molar-refractivity contribution in [2.75, 3.05) is 19.6 Å². The fourth-order valence-corrected chi connectivity index (χ4v) is 2.99. The first kappa shape index (κ1) is 18.2. The maximum atomic E-state index is 12.9. The Kier molecular flexibility index (Phi) is 6.09. The summed E-state index contributed by atoms with van der Waals surface area (Å²) in [5.41, 5.74) is 1.43. The molecule has 0 saturated carbocycles. The number of piperidine rings is 1. The normalized spacial score (nSPS) is 21.0. The third kappa shape index (κ3) is 4.97. The summed E-state index contributed by atoms with van der Waals surface area (Å²) in [5, 5.41) is 13.2. The van der Waals surface area contributed by atoms with Gasteiger partial charge in [-0.2, -0.15) is 0 Å². The van der Waals surface area contributed by atoms with Crippen LogP contribution in [0.1, 0.15) is 22.3 Å². The summed E-state index contributed by atoms with van der Waals surface area (Å²) in [7, 11) is 0. The van der Waals surface area contributed by atoms with E-state index in [0.29, 0.717) is 25.1 Å². The van der Waals surface area contributed by atoms with Gasteiger partial charge in [0.15, 0.2) is 0 Å².